The van der Waals surface area contributed by atoms with E-state index in [-0.39, 0.29) is 18.2 Å². The van der Waals surface area contributed by atoms with Gasteiger partial charge in [0.2, 0.25) is 5.91 Å². The Morgan fingerprint density at radius 3 is 2.59 bits per heavy atom. The summed E-state index contributed by atoms with van der Waals surface area (Å²) in [6.45, 7) is 4.64. The van der Waals surface area contributed by atoms with Crippen LogP contribution < -0.4 is 5.32 Å². The predicted octanol–water partition coefficient (Wildman–Crippen LogP) is 3.48. The summed E-state index contributed by atoms with van der Waals surface area (Å²) in [5, 5.41) is 3.15. The molecule has 1 fully saturated rings. The number of nitrogens with one attached hydrogen (secondary N) is 1. The van der Waals surface area contributed by atoms with Gasteiger partial charge in [-0.25, -0.2) is 0 Å². The third-order valence-electron chi connectivity index (χ3n) is 4.39. The van der Waals surface area contributed by atoms with Crippen LogP contribution in [0.25, 0.3) is 0 Å². The molecule has 1 aliphatic rings. The predicted molar refractivity (Wildman–Crippen MR) is 89.2 cm³/mol. The zero-order valence-corrected chi connectivity index (χ0v) is 13.6. The summed E-state index contributed by atoms with van der Waals surface area (Å²) in [7, 11) is 0. The molecular weight excluding hydrogens is 276 g/mol. The number of ketones is 1. The molecule has 0 radical (unpaired) electrons. The molecule has 0 unspecified atom stereocenters. The number of nitrogens with zero attached hydrogens (tertiary/aromatic N) is 1. The number of amides is 1. The van der Waals surface area contributed by atoms with Crippen molar-refractivity contribution in [3.8, 4) is 0 Å². The number of benzene rings is 1. The van der Waals surface area contributed by atoms with Gasteiger partial charge in [0.15, 0.2) is 5.78 Å². The van der Waals surface area contributed by atoms with E-state index in [1.54, 1.807) is 19.1 Å². The highest BCUT2D eigenvalue weighted by Gasteiger charge is 2.23. The molecule has 0 bridgehead atoms. The first-order valence-corrected chi connectivity index (χ1v) is 8.26. The SMILES string of the molecule is CCN(C(=O)CNc1cccc(C(C)=O)c1)C1CCCCC1. The standard InChI is InChI=1S/C18H26N2O2/c1-3-20(17-10-5-4-6-11-17)18(22)13-19-16-9-7-8-15(12-16)14(2)21/h7-9,12,17,19H,3-6,10-11,13H2,1-2H3. The Bertz CT molecular complexity index is 522. The van der Waals surface area contributed by atoms with E-state index < -0.39 is 0 Å². The Balaban J connectivity index is 1.93. The van der Waals surface area contributed by atoms with Gasteiger partial charge in [-0.15, -0.1) is 0 Å². The second-order valence-corrected chi connectivity index (χ2v) is 5.96. The third kappa shape index (κ3) is 4.33. The van der Waals surface area contributed by atoms with Gasteiger partial charge in [-0.2, -0.15) is 0 Å². The minimum atomic E-state index is 0.0346. The maximum absolute atomic E-state index is 12.5. The number of anilines is 1. The van der Waals surface area contributed by atoms with Crippen molar-refractivity contribution in [1.82, 2.24) is 4.90 Å². The highest BCUT2D eigenvalue weighted by Crippen LogP contribution is 2.22. The van der Waals surface area contributed by atoms with Crippen LogP contribution in [-0.2, 0) is 4.79 Å². The molecule has 0 saturated heterocycles. The molecule has 1 aromatic carbocycles. The topological polar surface area (TPSA) is 49.4 Å². The molecule has 0 aliphatic heterocycles. The van der Waals surface area contributed by atoms with Crippen LogP contribution in [0.4, 0.5) is 5.69 Å². The summed E-state index contributed by atoms with van der Waals surface area (Å²) >= 11 is 0. The quantitative estimate of drug-likeness (QED) is 0.818. The summed E-state index contributed by atoms with van der Waals surface area (Å²) in [4.78, 5) is 25.9. The zero-order valence-electron chi connectivity index (χ0n) is 13.6. The first kappa shape index (κ1) is 16.5. The van der Waals surface area contributed by atoms with E-state index in [0.29, 0.717) is 11.6 Å². The zero-order chi connectivity index (χ0) is 15.9. The van der Waals surface area contributed by atoms with Crippen molar-refractivity contribution in [3.05, 3.63) is 29.8 Å². The summed E-state index contributed by atoms with van der Waals surface area (Å²) in [5.41, 5.74) is 1.48. The van der Waals surface area contributed by atoms with Gasteiger partial charge >= 0.3 is 0 Å². The van der Waals surface area contributed by atoms with E-state index in [4.69, 9.17) is 0 Å². The van der Waals surface area contributed by atoms with Gasteiger partial charge in [0.05, 0.1) is 6.54 Å². The van der Waals surface area contributed by atoms with Gasteiger partial charge in [-0.05, 0) is 38.8 Å². The van der Waals surface area contributed by atoms with Crippen LogP contribution in [0.1, 0.15) is 56.3 Å². The van der Waals surface area contributed by atoms with Crippen LogP contribution in [0.15, 0.2) is 24.3 Å². The lowest BCUT2D eigenvalue weighted by Crippen LogP contribution is -2.43. The lowest BCUT2D eigenvalue weighted by atomic mass is 9.94. The van der Waals surface area contributed by atoms with Gasteiger partial charge in [0.25, 0.3) is 0 Å². The molecule has 0 spiro atoms. The molecule has 2 rings (SSSR count). The van der Waals surface area contributed by atoms with E-state index >= 15 is 0 Å². The molecule has 4 heteroatoms. The lowest BCUT2D eigenvalue weighted by Gasteiger charge is -2.33. The normalized spacial score (nSPS) is 15.4. The minimum Gasteiger partial charge on any atom is -0.376 e. The van der Waals surface area contributed by atoms with Gasteiger partial charge in [-0.3, -0.25) is 9.59 Å². The molecule has 4 nitrogen and oxygen atoms in total. The van der Waals surface area contributed by atoms with Crippen molar-refractivity contribution in [2.75, 3.05) is 18.4 Å². The van der Waals surface area contributed by atoms with Crippen LogP contribution in [-0.4, -0.2) is 35.7 Å². The van der Waals surface area contributed by atoms with Crippen molar-refractivity contribution < 1.29 is 9.59 Å². The summed E-state index contributed by atoms with van der Waals surface area (Å²) in [6, 6.07) is 7.71. The molecule has 1 saturated carbocycles. The first-order chi connectivity index (χ1) is 10.6. The molecule has 0 heterocycles. The summed E-state index contributed by atoms with van der Waals surface area (Å²) in [6.07, 6.45) is 5.99. The van der Waals surface area contributed by atoms with E-state index in [2.05, 4.69) is 5.32 Å². The number of rotatable bonds is 6. The van der Waals surface area contributed by atoms with Crippen LogP contribution in [0.5, 0.6) is 0 Å². The fraction of sp³-hybridized carbons (Fsp3) is 0.556. The van der Waals surface area contributed by atoms with Crippen molar-refractivity contribution in [3.63, 3.8) is 0 Å². The molecule has 1 amide bonds. The number of hydrogen-bond donors (Lipinski definition) is 1. The molecule has 22 heavy (non-hydrogen) atoms. The van der Waals surface area contributed by atoms with Crippen LogP contribution in [0.3, 0.4) is 0 Å². The highest BCUT2D eigenvalue weighted by molar-refractivity contribution is 5.95. The summed E-state index contributed by atoms with van der Waals surface area (Å²) < 4.78 is 0. The van der Waals surface area contributed by atoms with Crippen molar-refractivity contribution in [2.24, 2.45) is 0 Å². The Hall–Kier alpha value is -1.84. The van der Waals surface area contributed by atoms with E-state index in [1.165, 1.54) is 19.3 Å². The number of Topliss-reactive ketones (excluding diaryl/α,β-unsaturated/α-hetero) is 1. The average molecular weight is 302 g/mol. The second-order valence-electron chi connectivity index (χ2n) is 5.96. The number of carbonyl (C=O) groups is 2. The second kappa shape index (κ2) is 7.97. The minimum absolute atomic E-state index is 0.0346. The monoisotopic (exact) mass is 302 g/mol. The van der Waals surface area contributed by atoms with E-state index in [0.717, 1.165) is 25.1 Å². The largest absolute Gasteiger partial charge is 0.376 e. The number of hydrogen-bond acceptors (Lipinski definition) is 3. The van der Waals surface area contributed by atoms with Gasteiger partial charge in [0, 0.05) is 23.8 Å². The Morgan fingerprint density at radius 1 is 1.23 bits per heavy atom. The smallest absolute Gasteiger partial charge is 0.242 e. The number of likely N-dealkylation sites (N-methyl/N-ethyl adjacent to an activating group) is 1. The van der Waals surface area contributed by atoms with Gasteiger partial charge < -0.3 is 10.2 Å². The molecule has 1 aromatic rings. The van der Waals surface area contributed by atoms with Crippen molar-refractivity contribution >= 4 is 17.4 Å². The summed E-state index contributed by atoms with van der Waals surface area (Å²) in [5.74, 6) is 0.176. The van der Waals surface area contributed by atoms with E-state index in [9.17, 15) is 9.59 Å². The molecular formula is C18H26N2O2. The van der Waals surface area contributed by atoms with Gasteiger partial charge in [-0.1, -0.05) is 31.4 Å². The Kier molecular flexibility index (Phi) is 5.99. The number of carbonyl (C=O) groups excluding carboxylic acids is 2. The molecule has 1 N–H and O–H groups in total. The fourth-order valence-corrected chi connectivity index (χ4v) is 3.16. The average Bonchev–Trinajstić information content (AvgIpc) is 2.55. The first-order valence-electron chi connectivity index (χ1n) is 8.26. The Labute approximate surface area is 132 Å². The molecule has 0 aromatic heterocycles. The Morgan fingerprint density at radius 2 is 1.95 bits per heavy atom. The van der Waals surface area contributed by atoms with Crippen molar-refractivity contribution in [2.45, 2.75) is 52.0 Å². The van der Waals surface area contributed by atoms with Crippen molar-refractivity contribution in [1.29, 1.82) is 0 Å². The molecule has 0 atom stereocenters. The molecule has 1 aliphatic carbocycles. The van der Waals surface area contributed by atoms with Crippen LogP contribution >= 0.6 is 0 Å². The maximum Gasteiger partial charge on any atom is 0.242 e. The maximum atomic E-state index is 12.5. The molecule has 120 valence electrons. The van der Waals surface area contributed by atoms with Crippen LogP contribution in [0.2, 0.25) is 0 Å². The fourth-order valence-electron chi connectivity index (χ4n) is 3.16. The van der Waals surface area contributed by atoms with E-state index in [1.807, 2.05) is 24.0 Å². The van der Waals surface area contributed by atoms with Gasteiger partial charge in [0.1, 0.15) is 0 Å². The third-order valence-corrected chi connectivity index (χ3v) is 4.39. The lowest BCUT2D eigenvalue weighted by molar-refractivity contribution is -0.132. The van der Waals surface area contributed by atoms with Crippen LogP contribution in [0, 0.1) is 0 Å². The highest BCUT2D eigenvalue weighted by atomic mass is 16.2.